The molecule has 1 fully saturated rings. The summed E-state index contributed by atoms with van der Waals surface area (Å²) in [7, 11) is 0. The van der Waals surface area contributed by atoms with Crippen LogP contribution in [0.25, 0.3) is 11.3 Å². The number of nitrogens with zero attached hydrogens (tertiary/aromatic N) is 4. The number of benzene rings is 2. The number of amides is 1. The molecule has 0 atom stereocenters. The van der Waals surface area contributed by atoms with Gasteiger partial charge in [0, 0.05) is 31.7 Å². The third-order valence-electron chi connectivity index (χ3n) is 4.86. The number of anilines is 1. The highest BCUT2D eigenvalue weighted by molar-refractivity contribution is 6.33. The molecule has 2 heterocycles. The van der Waals surface area contributed by atoms with Crippen LogP contribution in [0.1, 0.15) is 10.4 Å². The minimum atomic E-state index is -0.618. The molecule has 148 valence electrons. The molecular formula is C21H17ClF2N4O. The Morgan fingerprint density at radius 3 is 2.24 bits per heavy atom. The summed E-state index contributed by atoms with van der Waals surface area (Å²) in [5, 5.41) is 8.58. The first-order chi connectivity index (χ1) is 14.0. The maximum atomic E-state index is 14.0. The van der Waals surface area contributed by atoms with Gasteiger partial charge in [0.15, 0.2) is 5.82 Å². The predicted molar refractivity (Wildman–Crippen MR) is 107 cm³/mol. The number of aromatic nitrogens is 2. The summed E-state index contributed by atoms with van der Waals surface area (Å²) in [6, 6.07) is 13.9. The van der Waals surface area contributed by atoms with Crippen molar-refractivity contribution >= 4 is 23.3 Å². The monoisotopic (exact) mass is 414 g/mol. The first kappa shape index (κ1) is 19.3. The molecule has 0 N–H and O–H groups in total. The topological polar surface area (TPSA) is 49.3 Å². The average Bonchev–Trinajstić information content (AvgIpc) is 2.74. The number of halogens is 3. The zero-order valence-corrected chi connectivity index (χ0v) is 16.1. The van der Waals surface area contributed by atoms with Crippen molar-refractivity contribution in [2.45, 2.75) is 0 Å². The predicted octanol–water partition coefficient (Wildman–Crippen LogP) is 4.04. The van der Waals surface area contributed by atoms with Gasteiger partial charge in [-0.05, 0) is 48.5 Å². The quantitative estimate of drug-likeness (QED) is 0.649. The molecular weight excluding hydrogens is 398 g/mol. The van der Waals surface area contributed by atoms with Gasteiger partial charge < -0.3 is 9.80 Å². The van der Waals surface area contributed by atoms with Gasteiger partial charge in [-0.15, -0.1) is 10.2 Å². The van der Waals surface area contributed by atoms with Gasteiger partial charge in [0.2, 0.25) is 0 Å². The SMILES string of the molecule is O=C(c1c(F)cccc1Cl)N1CCN(c2ccc(-c3ccc(F)cc3)nn2)CC1. The zero-order chi connectivity index (χ0) is 20.4. The van der Waals surface area contributed by atoms with Gasteiger partial charge >= 0.3 is 0 Å². The smallest absolute Gasteiger partial charge is 0.258 e. The highest BCUT2D eigenvalue weighted by Crippen LogP contribution is 2.23. The summed E-state index contributed by atoms with van der Waals surface area (Å²) in [6.07, 6.45) is 0. The average molecular weight is 415 g/mol. The third-order valence-corrected chi connectivity index (χ3v) is 5.17. The van der Waals surface area contributed by atoms with Crippen molar-refractivity contribution in [1.82, 2.24) is 15.1 Å². The van der Waals surface area contributed by atoms with Crippen molar-refractivity contribution in [2.75, 3.05) is 31.1 Å². The van der Waals surface area contributed by atoms with Gasteiger partial charge in [-0.3, -0.25) is 4.79 Å². The molecule has 1 aromatic heterocycles. The van der Waals surface area contributed by atoms with E-state index in [9.17, 15) is 13.6 Å². The lowest BCUT2D eigenvalue weighted by Crippen LogP contribution is -2.49. The standard InChI is InChI=1S/C21H17ClF2N4O/c22-16-2-1-3-17(24)20(16)21(29)28-12-10-27(11-13-28)19-9-8-18(25-26-19)14-4-6-15(23)7-5-14/h1-9H,10-13H2. The van der Waals surface area contributed by atoms with E-state index in [1.54, 1.807) is 17.0 Å². The van der Waals surface area contributed by atoms with Crippen molar-refractivity contribution < 1.29 is 13.6 Å². The van der Waals surface area contributed by atoms with E-state index in [1.165, 1.54) is 30.3 Å². The Balaban J connectivity index is 1.42. The van der Waals surface area contributed by atoms with Crippen LogP contribution in [0.3, 0.4) is 0 Å². The van der Waals surface area contributed by atoms with Crippen molar-refractivity contribution in [2.24, 2.45) is 0 Å². The molecule has 0 unspecified atom stereocenters. The van der Waals surface area contributed by atoms with E-state index < -0.39 is 11.7 Å². The number of hydrogen-bond acceptors (Lipinski definition) is 4. The summed E-state index contributed by atoms with van der Waals surface area (Å²) in [5.74, 6) is -0.646. The van der Waals surface area contributed by atoms with Crippen molar-refractivity contribution in [3.05, 3.63) is 76.8 Å². The molecule has 1 aliphatic heterocycles. The molecule has 1 amide bonds. The summed E-state index contributed by atoms with van der Waals surface area (Å²) in [6.45, 7) is 1.93. The molecule has 3 aromatic rings. The summed E-state index contributed by atoms with van der Waals surface area (Å²) in [4.78, 5) is 16.2. The van der Waals surface area contributed by atoms with Crippen LogP contribution in [0.5, 0.6) is 0 Å². The lowest BCUT2D eigenvalue weighted by atomic mass is 10.1. The number of carbonyl (C=O) groups is 1. The fraction of sp³-hybridized carbons (Fsp3) is 0.190. The molecule has 0 radical (unpaired) electrons. The molecule has 0 saturated carbocycles. The van der Waals surface area contributed by atoms with E-state index in [-0.39, 0.29) is 16.4 Å². The van der Waals surface area contributed by atoms with Crippen LogP contribution in [0.2, 0.25) is 5.02 Å². The Bertz CT molecular complexity index is 1000. The Labute approximate surface area is 171 Å². The Kier molecular flexibility index (Phi) is 5.40. The minimum Gasteiger partial charge on any atom is -0.352 e. The molecule has 2 aromatic carbocycles. The maximum Gasteiger partial charge on any atom is 0.258 e. The first-order valence-electron chi connectivity index (χ1n) is 9.11. The lowest BCUT2D eigenvalue weighted by molar-refractivity contribution is 0.0742. The van der Waals surface area contributed by atoms with Crippen LogP contribution in [-0.2, 0) is 0 Å². The molecule has 1 saturated heterocycles. The van der Waals surface area contributed by atoms with Crippen molar-refractivity contribution in [1.29, 1.82) is 0 Å². The van der Waals surface area contributed by atoms with E-state index in [4.69, 9.17) is 11.6 Å². The normalized spacial score (nSPS) is 14.2. The Morgan fingerprint density at radius 2 is 1.62 bits per heavy atom. The van der Waals surface area contributed by atoms with E-state index in [0.29, 0.717) is 37.7 Å². The van der Waals surface area contributed by atoms with Crippen LogP contribution in [0.15, 0.2) is 54.6 Å². The van der Waals surface area contributed by atoms with Gasteiger partial charge in [0.25, 0.3) is 5.91 Å². The van der Waals surface area contributed by atoms with Gasteiger partial charge in [-0.1, -0.05) is 17.7 Å². The molecule has 8 heteroatoms. The minimum absolute atomic E-state index is 0.0916. The van der Waals surface area contributed by atoms with Crippen LogP contribution >= 0.6 is 11.6 Å². The van der Waals surface area contributed by atoms with Crippen LogP contribution in [-0.4, -0.2) is 47.2 Å². The van der Waals surface area contributed by atoms with Crippen molar-refractivity contribution in [3.8, 4) is 11.3 Å². The summed E-state index contributed by atoms with van der Waals surface area (Å²) >= 11 is 6.01. The fourth-order valence-corrected chi connectivity index (χ4v) is 3.51. The number of rotatable bonds is 3. The van der Waals surface area contributed by atoms with E-state index in [2.05, 4.69) is 10.2 Å². The number of carbonyl (C=O) groups excluding carboxylic acids is 1. The summed E-state index contributed by atoms with van der Waals surface area (Å²) in [5.41, 5.74) is 1.34. The fourth-order valence-electron chi connectivity index (χ4n) is 3.27. The van der Waals surface area contributed by atoms with Gasteiger partial charge in [0.05, 0.1) is 16.3 Å². The van der Waals surface area contributed by atoms with Crippen LogP contribution in [0, 0.1) is 11.6 Å². The molecule has 1 aliphatic rings. The molecule has 29 heavy (non-hydrogen) atoms. The zero-order valence-electron chi connectivity index (χ0n) is 15.4. The number of piperazine rings is 1. The van der Waals surface area contributed by atoms with E-state index >= 15 is 0 Å². The first-order valence-corrected chi connectivity index (χ1v) is 9.48. The second-order valence-electron chi connectivity index (χ2n) is 6.66. The third kappa shape index (κ3) is 4.05. The van der Waals surface area contributed by atoms with E-state index in [1.807, 2.05) is 17.0 Å². The van der Waals surface area contributed by atoms with Gasteiger partial charge in [0.1, 0.15) is 11.6 Å². The Hall–Kier alpha value is -3.06. The molecule has 0 spiro atoms. The lowest BCUT2D eigenvalue weighted by Gasteiger charge is -2.35. The van der Waals surface area contributed by atoms with Gasteiger partial charge in [-0.25, -0.2) is 8.78 Å². The highest BCUT2D eigenvalue weighted by Gasteiger charge is 2.26. The molecule has 0 bridgehead atoms. The Morgan fingerprint density at radius 1 is 0.897 bits per heavy atom. The summed E-state index contributed by atoms with van der Waals surface area (Å²) < 4.78 is 27.1. The maximum absolute atomic E-state index is 14.0. The second kappa shape index (κ2) is 8.13. The van der Waals surface area contributed by atoms with Crippen LogP contribution in [0.4, 0.5) is 14.6 Å². The van der Waals surface area contributed by atoms with E-state index in [0.717, 1.165) is 5.56 Å². The molecule has 4 rings (SSSR count). The second-order valence-corrected chi connectivity index (χ2v) is 7.07. The van der Waals surface area contributed by atoms with Crippen LogP contribution < -0.4 is 4.90 Å². The van der Waals surface area contributed by atoms with Gasteiger partial charge in [-0.2, -0.15) is 0 Å². The molecule has 5 nitrogen and oxygen atoms in total. The molecule has 0 aliphatic carbocycles. The highest BCUT2D eigenvalue weighted by atomic mass is 35.5. The largest absolute Gasteiger partial charge is 0.352 e. The number of hydrogen-bond donors (Lipinski definition) is 0. The van der Waals surface area contributed by atoms with Crippen molar-refractivity contribution in [3.63, 3.8) is 0 Å².